The van der Waals surface area contributed by atoms with Crippen molar-refractivity contribution >= 4 is 11.7 Å². The molecule has 3 nitrogen and oxygen atoms in total. The number of carboxylic acids is 1. The lowest BCUT2D eigenvalue weighted by Crippen LogP contribution is -2.38. The van der Waals surface area contributed by atoms with Crippen LogP contribution in [0.1, 0.15) is 57.1 Å². The van der Waals surface area contributed by atoms with Crippen LogP contribution >= 0.6 is 0 Å². The third kappa shape index (κ3) is 2.43. The van der Waals surface area contributed by atoms with Gasteiger partial charge in [0.2, 0.25) is 0 Å². The lowest BCUT2D eigenvalue weighted by Gasteiger charge is -2.36. The minimum atomic E-state index is -0.831. The normalized spacial score (nSPS) is 19.6. The van der Waals surface area contributed by atoms with Gasteiger partial charge in [-0.3, -0.25) is 4.79 Å². The third-order valence-electron chi connectivity index (χ3n) is 5.25. The van der Waals surface area contributed by atoms with E-state index in [9.17, 15) is 9.90 Å². The number of fused-ring (bicyclic) bond motifs is 1. The van der Waals surface area contributed by atoms with Crippen LogP contribution in [-0.2, 0) is 16.6 Å². The van der Waals surface area contributed by atoms with E-state index in [1.807, 2.05) is 26.0 Å². The molecular formula is C18H25NO2. The molecule has 1 fully saturated rings. The summed E-state index contributed by atoms with van der Waals surface area (Å²) in [4.78, 5) is 14.2. The molecule has 2 aliphatic rings. The smallest absolute Gasteiger partial charge is 0.313 e. The van der Waals surface area contributed by atoms with Crippen LogP contribution in [0.25, 0.3) is 0 Å². The van der Waals surface area contributed by atoms with Crippen LogP contribution < -0.4 is 4.90 Å². The van der Waals surface area contributed by atoms with Gasteiger partial charge in [0.25, 0.3) is 0 Å². The number of nitrogens with zero attached hydrogens (tertiary/aromatic N) is 1. The molecule has 0 amide bonds. The molecule has 0 radical (unpaired) electrons. The Kier molecular flexibility index (Phi) is 3.68. The molecule has 1 aromatic carbocycles. The summed E-state index contributed by atoms with van der Waals surface area (Å²) >= 11 is 0. The number of rotatable bonds is 3. The Morgan fingerprint density at radius 2 is 1.95 bits per heavy atom. The molecule has 1 heterocycles. The number of aliphatic carboxylic acids is 1. The van der Waals surface area contributed by atoms with Crippen LogP contribution in [0.3, 0.4) is 0 Å². The van der Waals surface area contributed by atoms with Gasteiger partial charge in [-0.05, 0) is 44.2 Å². The van der Waals surface area contributed by atoms with Gasteiger partial charge in [0.15, 0.2) is 0 Å². The van der Waals surface area contributed by atoms with Crippen molar-refractivity contribution in [2.45, 2.75) is 63.8 Å². The Bertz CT molecular complexity index is 544. The maximum atomic E-state index is 11.7. The molecule has 0 unspecified atom stereocenters. The maximum absolute atomic E-state index is 11.7. The largest absolute Gasteiger partial charge is 0.481 e. The van der Waals surface area contributed by atoms with Crippen LogP contribution in [0.4, 0.5) is 5.69 Å². The van der Waals surface area contributed by atoms with E-state index in [0.29, 0.717) is 6.04 Å². The summed E-state index contributed by atoms with van der Waals surface area (Å²) in [5.41, 5.74) is 2.70. The van der Waals surface area contributed by atoms with E-state index in [1.54, 1.807) is 0 Å². The van der Waals surface area contributed by atoms with Crippen molar-refractivity contribution in [3.05, 3.63) is 29.3 Å². The monoisotopic (exact) mass is 287 g/mol. The highest BCUT2D eigenvalue weighted by molar-refractivity contribution is 5.84. The van der Waals surface area contributed by atoms with Crippen molar-refractivity contribution in [3.8, 4) is 0 Å². The molecule has 0 spiro atoms. The average molecular weight is 287 g/mol. The standard InChI is InChI=1S/C18H25NO2/c1-18(2,17(20)21)15-10-6-7-13-11-12-19(16(13)15)14-8-4-3-5-9-14/h6-7,10,14H,3-5,8-9,11-12H2,1-2H3,(H,20,21). The highest BCUT2D eigenvalue weighted by Gasteiger charge is 2.37. The molecule has 0 saturated heterocycles. The molecule has 1 N–H and O–H groups in total. The van der Waals surface area contributed by atoms with Crippen molar-refractivity contribution < 1.29 is 9.90 Å². The fraction of sp³-hybridized carbons (Fsp3) is 0.611. The van der Waals surface area contributed by atoms with E-state index in [0.717, 1.165) is 18.5 Å². The van der Waals surface area contributed by atoms with Gasteiger partial charge in [0, 0.05) is 18.3 Å². The van der Waals surface area contributed by atoms with E-state index in [1.165, 1.54) is 43.4 Å². The Morgan fingerprint density at radius 3 is 2.62 bits per heavy atom. The van der Waals surface area contributed by atoms with E-state index < -0.39 is 11.4 Å². The summed E-state index contributed by atoms with van der Waals surface area (Å²) in [6.07, 6.45) is 7.51. The molecule has 1 saturated carbocycles. The molecule has 21 heavy (non-hydrogen) atoms. The molecule has 0 bridgehead atoms. The minimum absolute atomic E-state index is 0.603. The van der Waals surface area contributed by atoms with Crippen LogP contribution in [0.5, 0.6) is 0 Å². The van der Waals surface area contributed by atoms with Gasteiger partial charge in [-0.25, -0.2) is 0 Å². The topological polar surface area (TPSA) is 40.5 Å². The summed E-state index contributed by atoms with van der Waals surface area (Å²) in [6.45, 7) is 4.69. The lowest BCUT2D eigenvalue weighted by atomic mass is 9.82. The van der Waals surface area contributed by atoms with Crippen LogP contribution in [0.15, 0.2) is 18.2 Å². The molecule has 0 aromatic heterocycles. The van der Waals surface area contributed by atoms with Crippen molar-refractivity contribution in [2.24, 2.45) is 0 Å². The fourth-order valence-corrected chi connectivity index (χ4v) is 3.86. The lowest BCUT2D eigenvalue weighted by molar-refractivity contribution is -0.142. The predicted molar refractivity (Wildman–Crippen MR) is 85.0 cm³/mol. The first-order valence-corrected chi connectivity index (χ1v) is 8.14. The van der Waals surface area contributed by atoms with Gasteiger partial charge in [-0.1, -0.05) is 37.5 Å². The molecule has 1 aliphatic heterocycles. The number of carboxylic acid groups (broad SMARTS) is 1. The highest BCUT2D eigenvalue weighted by atomic mass is 16.4. The fourth-order valence-electron chi connectivity index (χ4n) is 3.86. The van der Waals surface area contributed by atoms with Gasteiger partial charge in [0.1, 0.15) is 0 Å². The SMILES string of the molecule is CC(C)(C(=O)O)c1cccc2c1N(C1CCCCC1)CC2. The van der Waals surface area contributed by atoms with E-state index >= 15 is 0 Å². The van der Waals surface area contributed by atoms with Crippen LogP contribution in [-0.4, -0.2) is 23.7 Å². The number of hydrogen-bond donors (Lipinski definition) is 1. The quantitative estimate of drug-likeness (QED) is 0.920. The zero-order valence-electron chi connectivity index (χ0n) is 13.1. The Morgan fingerprint density at radius 1 is 1.24 bits per heavy atom. The summed E-state index contributed by atoms with van der Waals surface area (Å²) in [7, 11) is 0. The number of hydrogen-bond acceptors (Lipinski definition) is 2. The van der Waals surface area contributed by atoms with Gasteiger partial charge in [-0.2, -0.15) is 0 Å². The van der Waals surface area contributed by atoms with Crippen LogP contribution in [0.2, 0.25) is 0 Å². The molecule has 114 valence electrons. The van der Waals surface area contributed by atoms with Gasteiger partial charge in [-0.15, -0.1) is 0 Å². The molecule has 1 aromatic rings. The van der Waals surface area contributed by atoms with E-state index in [-0.39, 0.29) is 0 Å². The number of anilines is 1. The number of benzene rings is 1. The molecule has 1 aliphatic carbocycles. The number of carbonyl (C=O) groups is 1. The summed E-state index contributed by atoms with van der Waals surface area (Å²) in [5, 5.41) is 9.60. The number of para-hydroxylation sites is 1. The summed E-state index contributed by atoms with van der Waals surface area (Å²) in [6, 6.07) is 6.79. The van der Waals surface area contributed by atoms with Gasteiger partial charge < -0.3 is 10.0 Å². The molecule has 3 heteroatoms. The third-order valence-corrected chi connectivity index (χ3v) is 5.25. The first-order chi connectivity index (χ1) is 10.0. The second-order valence-corrected chi connectivity index (χ2v) is 6.98. The summed E-state index contributed by atoms with van der Waals surface area (Å²) in [5.74, 6) is -0.744. The average Bonchev–Trinajstić information content (AvgIpc) is 2.91. The van der Waals surface area contributed by atoms with E-state index in [4.69, 9.17) is 0 Å². The Labute approximate surface area is 127 Å². The van der Waals surface area contributed by atoms with Crippen molar-refractivity contribution in [3.63, 3.8) is 0 Å². The highest BCUT2D eigenvalue weighted by Crippen LogP contribution is 2.41. The zero-order chi connectivity index (χ0) is 15.0. The van der Waals surface area contributed by atoms with Crippen molar-refractivity contribution in [2.75, 3.05) is 11.4 Å². The molecular weight excluding hydrogens is 262 g/mol. The van der Waals surface area contributed by atoms with E-state index in [2.05, 4.69) is 11.0 Å². The van der Waals surface area contributed by atoms with Crippen LogP contribution in [0, 0.1) is 0 Å². The van der Waals surface area contributed by atoms with Crippen molar-refractivity contribution in [1.29, 1.82) is 0 Å². The second kappa shape index (κ2) is 5.36. The molecule has 0 atom stereocenters. The first kappa shape index (κ1) is 14.4. The Hall–Kier alpha value is -1.51. The van der Waals surface area contributed by atoms with Gasteiger partial charge >= 0.3 is 5.97 Å². The zero-order valence-corrected chi connectivity index (χ0v) is 13.1. The Balaban J connectivity index is 2.02. The predicted octanol–water partition coefficient (Wildman–Crippen LogP) is 3.74. The second-order valence-electron chi connectivity index (χ2n) is 6.98. The first-order valence-electron chi connectivity index (χ1n) is 8.14. The minimum Gasteiger partial charge on any atom is -0.481 e. The van der Waals surface area contributed by atoms with Gasteiger partial charge in [0.05, 0.1) is 5.41 Å². The van der Waals surface area contributed by atoms with Crippen molar-refractivity contribution in [1.82, 2.24) is 0 Å². The molecule has 3 rings (SSSR count). The maximum Gasteiger partial charge on any atom is 0.313 e. The summed E-state index contributed by atoms with van der Waals surface area (Å²) < 4.78 is 0.